The molecule has 0 aliphatic carbocycles. The first-order valence-corrected chi connectivity index (χ1v) is 6.62. The Morgan fingerprint density at radius 1 is 0.714 bits per heavy atom. The zero-order chi connectivity index (χ0) is 11.0. The standard InChI is InChI=1S/C8H18O4Si2/c1-6(13-7(9-2)10-3)14-8(11-4)12-5/h6-8H,1-5H3. The van der Waals surface area contributed by atoms with E-state index in [4.69, 9.17) is 18.9 Å². The minimum Gasteiger partial charge on any atom is -0.360 e. The lowest BCUT2D eigenvalue weighted by Gasteiger charge is -2.20. The van der Waals surface area contributed by atoms with Crippen molar-refractivity contribution in [2.24, 2.45) is 0 Å². The third-order valence-electron chi connectivity index (χ3n) is 1.63. The molecular weight excluding hydrogens is 216 g/mol. The van der Waals surface area contributed by atoms with Crippen LogP contribution in [0, 0.1) is 0 Å². The van der Waals surface area contributed by atoms with Crippen molar-refractivity contribution in [3.63, 3.8) is 0 Å². The maximum atomic E-state index is 5.13. The molecule has 14 heavy (non-hydrogen) atoms. The lowest BCUT2D eigenvalue weighted by Crippen LogP contribution is -2.32. The van der Waals surface area contributed by atoms with Gasteiger partial charge in [0.05, 0.1) is 0 Å². The van der Waals surface area contributed by atoms with Crippen LogP contribution in [-0.2, 0) is 18.9 Å². The fourth-order valence-electron chi connectivity index (χ4n) is 0.921. The first kappa shape index (κ1) is 14.3. The van der Waals surface area contributed by atoms with Gasteiger partial charge in [-0.2, -0.15) is 0 Å². The molecule has 0 rings (SSSR count). The Morgan fingerprint density at radius 3 is 1.21 bits per heavy atom. The summed E-state index contributed by atoms with van der Waals surface area (Å²) in [5.74, 6) is -0.210. The van der Waals surface area contributed by atoms with E-state index in [1.54, 1.807) is 28.4 Å². The molecule has 0 unspecified atom stereocenters. The van der Waals surface area contributed by atoms with Gasteiger partial charge < -0.3 is 18.9 Å². The van der Waals surface area contributed by atoms with Crippen molar-refractivity contribution < 1.29 is 18.9 Å². The summed E-state index contributed by atoms with van der Waals surface area (Å²) >= 11 is 0. The summed E-state index contributed by atoms with van der Waals surface area (Å²) in [6.07, 6.45) is 0. The normalized spacial score (nSPS) is 12.0. The smallest absolute Gasteiger partial charge is 0.136 e. The van der Waals surface area contributed by atoms with Crippen LogP contribution in [0.25, 0.3) is 0 Å². The van der Waals surface area contributed by atoms with E-state index in [0.29, 0.717) is 24.2 Å². The van der Waals surface area contributed by atoms with Crippen molar-refractivity contribution in [1.82, 2.24) is 0 Å². The second-order valence-electron chi connectivity index (χ2n) is 2.66. The molecule has 0 heterocycles. The lowest BCUT2D eigenvalue weighted by atomic mass is 10.9. The maximum absolute atomic E-state index is 5.13. The fourth-order valence-corrected chi connectivity index (χ4v) is 3.48. The molecule has 0 saturated heterocycles. The molecule has 0 aromatic rings. The van der Waals surface area contributed by atoms with E-state index in [9.17, 15) is 0 Å². The van der Waals surface area contributed by atoms with E-state index in [1.807, 2.05) is 0 Å². The summed E-state index contributed by atoms with van der Waals surface area (Å²) in [5, 5.41) is 0.491. The van der Waals surface area contributed by atoms with Gasteiger partial charge in [-0.1, -0.05) is 12.1 Å². The van der Waals surface area contributed by atoms with Crippen LogP contribution in [0.5, 0.6) is 0 Å². The summed E-state index contributed by atoms with van der Waals surface area (Å²) in [6.45, 7) is 2.15. The highest BCUT2D eigenvalue weighted by atomic mass is 28.3. The highest BCUT2D eigenvalue weighted by Gasteiger charge is 2.18. The molecular formula is C8H18O4Si2. The second kappa shape index (κ2) is 8.57. The highest BCUT2D eigenvalue weighted by Crippen LogP contribution is 2.07. The third-order valence-corrected chi connectivity index (χ3v) is 5.12. The Kier molecular flexibility index (Phi) is 8.74. The van der Waals surface area contributed by atoms with Gasteiger partial charge in [0.2, 0.25) is 0 Å². The molecule has 0 N–H and O–H groups in total. The average Bonchev–Trinajstić information content (AvgIpc) is 2.22. The number of ether oxygens (including phenoxy) is 4. The largest absolute Gasteiger partial charge is 0.360 e. The summed E-state index contributed by atoms with van der Waals surface area (Å²) in [5.41, 5.74) is 0. The fraction of sp³-hybridized carbons (Fsp3) is 1.00. The van der Waals surface area contributed by atoms with Crippen molar-refractivity contribution in [3.8, 4) is 0 Å². The number of hydrogen-bond acceptors (Lipinski definition) is 4. The molecule has 0 atom stereocenters. The van der Waals surface area contributed by atoms with E-state index in [1.165, 1.54) is 0 Å². The van der Waals surface area contributed by atoms with Crippen LogP contribution in [0.2, 0.25) is 5.16 Å². The molecule has 82 valence electrons. The predicted octanol–water partition coefficient (Wildman–Crippen LogP) is 0.313. The Bertz CT molecular complexity index is 115. The van der Waals surface area contributed by atoms with Gasteiger partial charge in [0, 0.05) is 28.4 Å². The van der Waals surface area contributed by atoms with Gasteiger partial charge in [-0.25, -0.2) is 0 Å². The van der Waals surface area contributed by atoms with E-state index in [-0.39, 0.29) is 11.8 Å². The molecule has 0 bridgehead atoms. The molecule has 6 heteroatoms. The molecule has 4 radical (unpaired) electrons. The quantitative estimate of drug-likeness (QED) is 0.447. The van der Waals surface area contributed by atoms with E-state index in [2.05, 4.69) is 6.92 Å². The van der Waals surface area contributed by atoms with Crippen molar-refractivity contribution in [1.29, 1.82) is 0 Å². The average molecular weight is 234 g/mol. The minimum absolute atomic E-state index is 0.105. The van der Waals surface area contributed by atoms with Crippen LogP contribution in [-0.4, -0.2) is 59.3 Å². The zero-order valence-corrected chi connectivity index (χ0v) is 11.4. The van der Waals surface area contributed by atoms with Gasteiger partial charge in [-0.05, 0) is 0 Å². The summed E-state index contributed by atoms with van der Waals surface area (Å²) in [6, 6.07) is 0. The van der Waals surface area contributed by atoms with Gasteiger partial charge in [0.1, 0.15) is 30.9 Å². The number of methoxy groups -OCH3 is 4. The molecule has 0 fully saturated rings. The Hall–Kier alpha value is 0.274. The molecule has 0 amide bonds. The van der Waals surface area contributed by atoms with E-state index in [0.717, 1.165) is 0 Å². The van der Waals surface area contributed by atoms with Crippen LogP contribution < -0.4 is 0 Å². The van der Waals surface area contributed by atoms with Crippen LogP contribution in [0.4, 0.5) is 0 Å². The highest BCUT2D eigenvalue weighted by molar-refractivity contribution is 6.59. The molecule has 0 spiro atoms. The van der Waals surface area contributed by atoms with Crippen molar-refractivity contribution in [2.45, 2.75) is 23.9 Å². The van der Waals surface area contributed by atoms with Crippen LogP contribution in [0.3, 0.4) is 0 Å². The molecule has 0 saturated carbocycles. The lowest BCUT2D eigenvalue weighted by molar-refractivity contribution is -0.0471. The monoisotopic (exact) mass is 234 g/mol. The summed E-state index contributed by atoms with van der Waals surface area (Å²) in [7, 11) is 7.82. The topological polar surface area (TPSA) is 36.9 Å². The van der Waals surface area contributed by atoms with E-state index >= 15 is 0 Å². The first-order valence-electron chi connectivity index (χ1n) is 4.31. The third kappa shape index (κ3) is 5.89. The molecule has 0 aliphatic heterocycles. The molecule has 0 aliphatic rings. The van der Waals surface area contributed by atoms with Crippen LogP contribution in [0.1, 0.15) is 6.92 Å². The Morgan fingerprint density at radius 2 is 1.00 bits per heavy atom. The number of rotatable bonds is 8. The van der Waals surface area contributed by atoms with Gasteiger partial charge in [-0.3, -0.25) is 0 Å². The molecule has 0 aromatic heterocycles. The minimum atomic E-state index is -0.105. The van der Waals surface area contributed by atoms with Crippen molar-refractivity contribution in [2.75, 3.05) is 28.4 Å². The Labute approximate surface area is 90.9 Å². The van der Waals surface area contributed by atoms with Gasteiger partial charge in [0.25, 0.3) is 0 Å². The van der Waals surface area contributed by atoms with Crippen LogP contribution in [0.15, 0.2) is 0 Å². The van der Waals surface area contributed by atoms with Gasteiger partial charge >= 0.3 is 0 Å². The molecule has 0 aromatic carbocycles. The second-order valence-corrected chi connectivity index (χ2v) is 6.58. The van der Waals surface area contributed by atoms with Gasteiger partial charge in [0.15, 0.2) is 0 Å². The van der Waals surface area contributed by atoms with Gasteiger partial charge in [-0.15, -0.1) is 0 Å². The van der Waals surface area contributed by atoms with Crippen molar-refractivity contribution >= 4 is 19.0 Å². The SMILES string of the molecule is COC(OC)[Si]C(C)[Si]C(OC)OC. The summed E-state index contributed by atoms with van der Waals surface area (Å²) < 4.78 is 20.5. The Balaban J connectivity index is 3.77. The maximum Gasteiger partial charge on any atom is 0.136 e. The predicted molar refractivity (Wildman–Crippen MR) is 56.5 cm³/mol. The van der Waals surface area contributed by atoms with E-state index < -0.39 is 0 Å². The molecule has 4 nitrogen and oxygen atoms in total. The summed E-state index contributed by atoms with van der Waals surface area (Å²) in [4.78, 5) is 0. The number of hydrogen-bond donors (Lipinski definition) is 0. The van der Waals surface area contributed by atoms with Crippen LogP contribution >= 0.6 is 0 Å². The van der Waals surface area contributed by atoms with Crippen molar-refractivity contribution in [3.05, 3.63) is 0 Å². The first-order chi connectivity index (χ1) is 6.67. The zero-order valence-electron chi connectivity index (χ0n) is 9.37.